The number of nitriles is 1. The Balaban J connectivity index is 1.89. The Kier molecular flexibility index (Phi) is 4.88. The smallest absolute Gasteiger partial charge is 0.134 e. The Bertz CT molecular complexity index is 1190. The maximum atomic E-state index is 9.70. The summed E-state index contributed by atoms with van der Waals surface area (Å²) >= 11 is 1.48. The second kappa shape index (κ2) is 7.63. The van der Waals surface area contributed by atoms with Gasteiger partial charge in [-0.3, -0.25) is 0 Å². The van der Waals surface area contributed by atoms with Crippen molar-refractivity contribution in [2.75, 3.05) is 0 Å². The normalized spacial score (nSPS) is 11.4. The molecule has 0 saturated heterocycles. The maximum absolute atomic E-state index is 9.70. The summed E-state index contributed by atoms with van der Waals surface area (Å²) in [5.41, 5.74) is 6.34. The fourth-order valence-electron chi connectivity index (χ4n) is 3.03. The molecule has 5 heteroatoms. The fourth-order valence-corrected chi connectivity index (χ4v) is 3.80. The van der Waals surface area contributed by atoms with Crippen LogP contribution < -0.4 is 0 Å². The highest BCUT2D eigenvalue weighted by Crippen LogP contribution is 2.29. The number of rotatable bonds is 4. The number of para-hydroxylation sites is 1. The van der Waals surface area contributed by atoms with Crippen LogP contribution in [0.2, 0.25) is 0 Å². The van der Waals surface area contributed by atoms with Gasteiger partial charge in [0.15, 0.2) is 0 Å². The van der Waals surface area contributed by atoms with Gasteiger partial charge in [-0.05, 0) is 31.6 Å². The molecular weight excluding hydrogens is 364 g/mol. The lowest BCUT2D eigenvalue weighted by Gasteiger charge is -2.04. The highest BCUT2D eigenvalue weighted by atomic mass is 32.1. The lowest BCUT2D eigenvalue weighted by molar-refractivity contribution is 0.876. The van der Waals surface area contributed by atoms with Crippen molar-refractivity contribution < 1.29 is 0 Å². The zero-order valence-electron chi connectivity index (χ0n) is 15.6. The van der Waals surface area contributed by atoms with Gasteiger partial charge in [-0.1, -0.05) is 48.5 Å². The molecule has 0 aliphatic carbocycles. The summed E-state index contributed by atoms with van der Waals surface area (Å²) in [6.45, 7) is 3.99. The van der Waals surface area contributed by atoms with Crippen LogP contribution in [0.5, 0.6) is 0 Å². The molecule has 0 bridgehead atoms. The maximum Gasteiger partial charge on any atom is 0.134 e. The minimum absolute atomic E-state index is 0.541. The van der Waals surface area contributed by atoms with Crippen LogP contribution in [0.25, 0.3) is 28.6 Å². The van der Waals surface area contributed by atoms with E-state index in [2.05, 4.69) is 24.0 Å². The first-order valence-corrected chi connectivity index (χ1v) is 9.79. The molecule has 2 aromatic carbocycles. The Hall–Kier alpha value is -3.49. The van der Waals surface area contributed by atoms with Crippen molar-refractivity contribution in [2.24, 2.45) is 0 Å². The average molecular weight is 382 g/mol. The first-order valence-electron chi connectivity index (χ1n) is 8.91. The van der Waals surface area contributed by atoms with Gasteiger partial charge in [-0.2, -0.15) is 10.4 Å². The van der Waals surface area contributed by atoms with Crippen molar-refractivity contribution in [3.05, 3.63) is 88.0 Å². The predicted molar refractivity (Wildman–Crippen MR) is 114 cm³/mol. The molecule has 0 atom stereocenters. The van der Waals surface area contributed by atoms with Crippen molar-refractivity contribution in [1.29, 1.82) is 5.26 Å². The Morgan fingerprint density at radius 1 is 1.07 bits per heavy atom. The molecule has 4 nitrogen and oxygen atoms in total. The zero-order valence-corrected chi connectivity index (χ0v) is 16.4. The van der Waals surface area contributed by atoms with Gasteiger partial charge in [0.05, 0.1) is 17.0 Å². The molecule has 0 spiro atoms. The first kappa shape index (κ1) is 17.9. The van der Waals surface area contributed by atoms with E-state index in [0.717, 1.165) is 38.8 Å². The number of nitrogens with zero attached hydrogens (tertiary/aromatic N) is 4. The molecule has 2 heterocycles. The van der Waals surface area contributed by atoms with Crippen LogP contribution in [-0.4, -0.2) is 14.8 Å². The van der Waals surface area contributed by atoms with Gasteiger partial charge in [-0.15, -0.1) is 11.3 Å². The van der Waals surface area contributed by atoms with E-state index >= 15 is 0 Å². The molecule has 0 amide bonds. The van der Waals surface area contributed by atoms with Crippen molar-refractivity contribution >= 4 is 23.0 Å². The number of benzene rings is 2. The highest BCUT2D eigenvalue weighted by Gasteiger charge is 2.14. The number of hydrogen-bond donors (Lipinski definition) is 0. The highest BCUT2D eigenvalue weighted by molar-refractivity contribution is 7.11. The molecule has 2 aromatic heterocycles. The predicted octanol–water partition coefficient (Wildman–Crippen LogP) is 5.68. The zero-order chi connectivity index (χ0) is 19.5. The van der Waals surface area contributed by atoms with E-state index in [4.69, 9.17) is 5.10 Å². The molecule has 0 N–H and O–H groups in total. The fraction of sp³-hybridized carbons (Fsp3) is 0.0870. The molecule has 0 unspecified atom stereocenters. The molecule has 0 saturated carbocycles. The van der Waals surface area contributed by atoms with Crippen LogP contribution in [0, 0.1) is 25.2 Å². The van der Waals surface area contributed by atoms with E-state index in [-0.39, 0.29) is 0 Å². The summed E-state index contributed by atoms with van der Waals surface area (Å²) in [6, 6.07) is 20.4. The van der Waals surface area contributed by atoms with Crippen molar-refractivity contribution in [3.8, 4) is 23.0 Å². The van der Waals surface area contributed by atoms with Gasteiger partial charge in [0.25, 0.3) is 0 Å². The van der Waals surface area contributed by atoms with Crippen molar-refractivity contribution in [2.45, 2.75) is 13.8 Å². The van der Waals surface area contributed by atoms with E-state index in [1.807, 2.05) is 77.8 Å². The lowest BCUT2D eigenvalue weighted by Crippen LogP contribution is -1.97. The van der Waals surface area contributed by atoms with Crippen LogP contribution in [0.3, 0.4) is 0 Å². The standard InChI is InChI=1S/C23H18N4S/c1-16-8-6-7-11-21(16)27-14-20(22(26-27)18-9-4-3-5-10-18)12-19(13-24)23-25-17(2)15-28-23/h3-12,14-15H,1-2H3/b19-12+. The quantitative estimate of drug-likeness (QED) is 0.427. The largest absolute Gasteiger partial charge is 0.241 e. The summed E-state index contributed by atoms with van der Waals surface area (Å²) in [4.78, 5) is 4.46. The second-order valence-electron chi connectivity index (χ2n) is 6.49. The monoisotopic (exact) mass is 382 g/mol. The van der Waals surface area contributed by atoms with Gasteiger partial charge < -0.3 is 0 Å². The summed E-state index contributed by atoms with van der Waals surface area (Å²) in [5, 5.41) is 17.2. The van der Waals surface area contributed by atoms with E-state index in [1.165, 1.54) is 11.3 Å². The minimum atomic E-state index is 0.541. The summed E-state index contributed by atoms with van der Waals surface area (Å²) in [6.07, 6.45) is 3.85. The minimum Gasteiger partial charge on any atom is -0.241 e. The number of allylic oxidation sites excluding steroid dienone is 1. The molecule has 28 heavy (non-hydrogen) atoms. The third-order valence-electron chi connectivity index (χ3n) is 4.42. The van der Waals surface area contributed by atoms with Crippen molar-refractivity contribution in [1.82, 2.24) is 14.8 Å². The second-order valence-corrected chi connectivity index (χ2v) is 7.35. The van der Waals surface area contributed by atoms with Crippen LogP contribution in [0.4, 0.5) is 0 Å². The molecular formula is C23H18N4S. The molecule has 4 rings (SSSR count). The number of aromatic nitrogens is 3. The summed E-state index contributed by atoms with van der Waals surface area (Å²) < 4.78 is 1.88. The molecule has 0 aliphatic heterocycles. The SMILES string of the molecule is Cc1csc(/C(C#N)=C/c2cn(-c3ccccc3C)nc2-c2ccccc2)n1. The van der Waals surface area contributed by atoms with E-state index < -0.39 is 0 Å². The topological polar surface area (TPSA) is 54.5 Å². The Morgan fingerprint density at radius 2 is 1.82 bits per heavy atom. The summed E-state index contributed by atoms with van der Waals surface area (Å²) in [7, 11) is 0. The number of hydrogen-bond acceptors (Lipinski definition) is 4. The first-order chi connectivity index (χ1) is 13.7. The van der Waals surface area contributed by atoms with Crippen LogP contribution in [-0.2, 0) is 0 Å². The van der Waals surface area contributed by atoms with Gasteiger partial charge >= 0.3 is 0 Å². The Morgan fingerprint density at radius 3 is 2.50 bits per heavy atom. The molecule has 0 radical (unpaired) electrons. The molecule has 4 aromatic rings. The molecule has 0 aliphatic rings. The van der Waals surface area contributed by atoms with Crippen molar-refractivity contribution in [3.63, 3.8) is 0 Å². The van der Waals surface area contributed by atoms with E-state index in [9.17, 15) is 5.26 Å². The van der Waals surface area contributed by atoms with Crippen LogP contribution in [0.1, 0.15) is 21.8 Å². The van der Waals surface area contributed by atoms with E-state index in [0.29, 0.717) is 5.57 Å². The van der Waals surface area contributed by atoms with Gasteiger partial charge in [0.1, 0.15) is 11.1 Å². The van der Waals surface area contributed by atoms with Gasteiger partial charge in [-0.25, -0.2) is 9.67 Å². The average Bonchev–Trinajstić information content (AvgIpc) is 3.33. The van der Waals surface area contributed by atoms with Crippen LogP contribution in [0.15, 0.2) is 66.2 Å². The third-order valence-corrected chi connectivity index (χ3v) is 5.42. The number of aryl methyl sites for hydroxylation is 2. The Labute approximate surface area is 168 Å². The summed E-state index contributed by atoms with van der Waals surface area (Å²) in [5.74, 6) is 0. The van der Waals surface area contributed by atoms with E-state index in [1.54, 1.807) is 0 Å². The molecule has 136 valence electrons. The third kappa shape index (κ3) is 3.51. The molecule has 0 fully saturated rings. The lowest BCUT2D eigenvalue weighted by atomic mass is 10.1. The van der Waals surface area contributed by atoms with Gasteiger partial charge in [0, 0.05) is 28.4 Å². The van der Waals surface area contributed by atoms with Crippen LogP contribution >= 0.6 is 11.3 Å². The number of thiazole rings is 1. The van der Waals surface area contributed by atoms with Gasteiger partial charge in [0.2, 0.25) is 0 Å².